The number of hydrogen-bond acceptors (Lipinski definition) is 5. The molecule has 1 aliphatic rings. The van der Waals surface area contributed by atoms with Crippen molar-refractivity contribution in [3.05, 3.63) is 48.8 Å². The Kier molecular flexibility index (Phi) is 4.37. The number of aryl methyl sites for hydroxylation is 1. The number of aromatic nitrogens is 3. The monoisotopic (exact) mass is 407 g/mol. The zero-order chi connectivity index (χ0) is 17.6. The quantitative estimate of drug-likeness (QED) is 0.612. The van der Waals surface area contributed by atoms with Crippen molar-refractivity contribution in [2.45, 2.75) is 0 Å². The molecular formula is C17H13Cl2N4S2+. The van der Waals surface area contributed by atoms with E-state index in [-0.39, 0.29) is 0 Å². The lowest BCUT2D eigenvalue weighted by Crippen LogP contribution is -2.28. The van der Waals surface area contributed by atoms with Gasteiger partial charge in [0.2, 0.25) is 5.01 Å². The van der Waals surface area contributed by atoms with Gasteiger partial charge in [0.25, 0.3) is 0 Å². The van der Waals surface area contributed by atoms with E-state index in [1.165, 1.54) is 0 Å². The summed E-state index contributed by atoms with van der Waals surface area (Å²) in [6.07, 6.45) is 11.6. The fourth-order valence-electron chi connectivity index (χ4n) is 2.55. The Morgan fingerprint density at radius 1 is 1.24 bits per heavy atom. The van der Waals surface area contributed by atoms with Gasteiger partial charge in [0.1, 0.15) is 15.6 Å². The maximum atomic E-state index is 6.10. The highest BCUT2D eigenvalue weighted by Crippen LogP contribution is 2.23. The molecule has 3 aromatic heterocycles. The lowest BCUT2D eigenvalue weighted by atomic mass is 10.4. The van der Waals surface area contributed by atoms with E-state index in [2.05, 4.69) is 9.97 Å². The summed E-state index contributed by atoms with van der Waals surface area (Å²) in [6, 6.07) is 1.94. The van der Waals surface area contributed by atoms with E-state index < -0.39 is 0 Å². The summed E-state index contributed by atoms with van der Waals surface area (Å²) < 4.78 is 5.00. The predicted octanol–water partition coefficient (Wildman–Crippen LogP) is 3.04. The van der Waals surface area contributed by atoms with Crippen molar-refractivity contribution < 1.29 is 4.57 Å². The molecule has 0 fully saturated rings. The molecule has 0 saturated carbocycles. The fourth-order valence-corrected chi connectivity index (χ4v) is 5.13. The summed E-state index contributed by atoms with van der Waals surface area (Å²) in [6.45, 7) is 0. The molecule has 0 saturated heterocycles. The second-order valence-electron chi connectivity index (χ2n) is 5.54. The Labute approximate surface area is 162 Å². The molecule has 0 amide bonds. The summed E-state index contributed by atoms with van der Waals surface area (Å²) in [5.74, 6) is 0.927. The first kappa shape index (κ1) is 16.7. The van der Waals surface area contributed by atoms with E-state index in [1.54, 1.807) is 22.7 Å². The van der Waals surface area contributed by atoms with Gasteiger partial charge in [0.05, 0.1) is 21.6 Å². The van der Waals surface area contributed by atoms with E-state index in [0.29, 0.717) is 10.1 Å². The van der Waals surface area contributed by atoms with Crippen LogP contribution in [0, 0.1) is 0 Å². The molecule has 4 nitrogen and oxygen atoms in total. The van der Waals surface area contributed by atoms with E-state index in [9.17, 15) is 0 Å². The molecule has 8 heteroatoms. The highest BCUT2D eigenvalue weighted by atomic mass is 35.5. The van der Waals surface area contributed by atoms with Crippen LogP contribution in [-0.2, 0) is 7.05 Å². The minimum Gasteiger partial charge on any atom is -0.333 e. The molecule has 0 aliphatic carbocycles. The van der Waals surface area contributed by atoms with Crippen LogP contribution in [0.1, 0.15) is 5.01 Å². The van der Waals surface area contributed by atoms with Crippen LogP contribution < -0.4 is 18.7 Å². The first-order chi connectivity index (χ1) is 12.0. The smallest absolute Gasteiger partial charge is 0.333 e. The van der Waals surface area contributed by atoms with Gasteiger partial charge in [-0.25, -0.2) is 9.55 Å². The van der Waals surface area contributed by atoms with E-state index >= 15 is 0 Å². The Bertz CT molecular complexity index is 1160. The molecule has 0 radical (unpaired) electrons. The van der Waals surface area contributed by atoms with Crippen molar-refractivity contribution in [1.29, 1.82) is 0 Å². The van der Waals surface area contributed by atoms with Crippen molar-refractivity contribution in [2.24, 2.45) is 7.05 Å². The molecule has 126 valence electrons. The van der Waals surface area contributed by atoms with Gasteiger partial charge in [-0.15, -0.1) is 11.3 Å². The predicted molar refractivity (Wildman–Crippen MR) is 107 cm³/mol. The number of thiazole rings is 2. The van der Waals surface area contributed by atoms with Crippen molar-refractivity contribution in [2.75, 3.05) is 11.9 Å². The molecule has 0 atom stereocenters. The van der Waals surface area contributed by atoms with E-state index in [4.69, 9.17) is 23.2 Å². The van der Waals surface area contributed by atoms with Crippen molar-refractivity contribution >= 4 is 80.3 Å². The number of anilines is 1. The lowest BCUT2D eigenvalue weighted by molar-refractivity contribution is -0.646. The first-order valence-electron chi connectivity index (χ1n) is 7.42. The normalized spacial score (nSPS) is 15.0. The average molecular weight is 408 g/mol. The van der Waals surface area contributed by atoms with Crippen LogP contribution in [0.15, 0.2) is 29.6 Å². The van der Waals surface area contributed by atoms with Gasteiger partial charge in [-0.1, -0.05) is 40.6 Å². The lowest BCUT2D eigenvalue weighted by Gasteiger charge is -2.13. The number of allylic oxidation sites excluding steroid dienone is 2. The van der Waals surface area contributed by atoms with Gasteiger partial charge in [0.15, 0.2) is 5.82 Å². The summed E-state index contributed by atoms with van der Waals surface area (Å²) in [5, 5.41) is 2.35. The number of halogens is 2. The fraction of sp³-hybridized carbons (Fsp3) is 0.118. The Balaban J connectivity index is 1.66. The maximum Gasteiger partial charge on any atom is 0.342 e. The number of fused-ring (bicyclic) bond motifs is 2. The molecule has 0 N–H and O–H groups in total. The number of hydrogen-bond donors (Lipinski definition) is 0. The minimum absolute atomic E-state index is 0.710. The molecule has 3 aromatic rings. The van der Waals surface area contributed by atoms with E-state index in [0.717, 1.165) is 30.4 Å². The third kappa shape index (κ3) is 3.35. The molecule has 0 bridgehead atoms. The zero-order valence-corrected chi connectivity index (χ0v) is 16.5. The van der Waals surface area contributed by atoms with E-state index in [1.807, 2.05) is 66.3 Å². The third-order valence-corrected chi connectivity index (χ3v) is 5.95. The van der Waals surface area contributed by atoms with Crippen molar-refractivity contribution in [3.8, 4) is 0 Å². The number of nitrogens with zero attached hydrogens (tertiary/aromatic N) is 4. The number of pyridine rings is 1. The molecule has 25 heavy (non-hydrogen) atoms. The second kappa shape index (κ2) is 6.53. The Hall–Kier alpha value is -1.73. The van der Waals surface area contributed by atoms with Gasteiger partial charge in [-0.2, -0.15) is 0 Å². The third-order valence-electron chi connectivity index (χ3n) is 3.62. The molecule has 0 spiro atoms. The minimum atomic E-state index is 0.710. The van der Waals surface area contributed by atoms with Crippen molar-refractivity contribution in [1.82, 2.24) is 9.97 Å². The summed E-state index contributed by atoms with van der Waals surface area (Å²) in [7, 11) is 3.89. The largest absolute Gasteiger partial charge is 0.342 e. The Morgan fingerprint density at radius 2 is 2.08 bits per heavy atom. The first-order valence-corrected chi connectivity index (χ1v) is 9.81. The maximum absolute atomic E-state index is 6.10. The molecular weight excluding hydrogens is 395 g/mol. The van der Waals surface area contributed by atoms with Gasteiger partial charge >= 0.3 is 5.65 Å². The van der Waals surface area contributed by atoms with Crippen LogP contribution in [-0.4, -0.2) is 17.0 Å². The van der Waals surface area contributed by atoms with Crippen LogP contribution in [0.3, 0.4) is 0 Å². The SMILES string of the molecule is CN1C=C(Cl)C=c2s/c(=C\C=C\c3nc4c(cc(Cl)c[n+]4C)s3)nc21. The number of rotatable bonds is 2. The zero-order valence-electron chi connectivity index (χ0n) is 13.4. The Morgan fingerprint density at radius 3 is 2.92 bits per heavy atom. The summed E-state index contributed by atoms with van der Waals surface area (Å²) in [5.41, 5.74) is 0.927. The van der Waals surface area contributed by atoms with Crippen LogP contribution in [0.25, 0.3) is 28.6 Å². The highest BCUT2D eigenvalue weighted by molar-refractivity contribution is 7.19. The highest BCUT2D eigenvalue weighted by Gasteiger charge is 2.14. The second-order valence-corrected chi connectivity index (χ2v) is 8.54. The molecule has 0 unspecified atom stereocenters. The topological polar surface area (TPSA) is 32.9 Å². The summed E-state index contributed by atoms with van der Waals surface area (Å²) in [4.78, 5) is 11.2. The van der Waals surface area contributed by atoms with Gasteiger partial charge < -0.3 is 4.90 Å². The standard InChI is InChI=1S/C17H13Cl2N4S2/c1-22-8-10(18)6-12-16(22)20-14(24-12)4-3-5-15-21-17-13(25-15)7-11(19)9-23(17)2/h3-9H,1-2H3/q+1. The molecule has 0 aromatic carbocycles. The van der Waals surface area contributed by atoms with Gasteiger partial charge in [0, 0.05) is 19.3 Å². The molecule has 4 rings (SSSR count). The molecule has 1 aliphatic heterocycles. The molecule has 4 heterocycles. The summed E-state index contributed by atoms with van der Waals surface area (Å²) >= 11 is 15.4. The van der Waals surface area contributed by atoms with Crippen molar-refractivity contribution in [3.63, 3.8) is 0 Å². The van der Waals surface area contributed by atoms with Gasteiger partial charge in [-0.05, 0) is 23.2 Å². The van der Waals surface area contributed by atoms with Crippen LogP contribution in [0.2, 0.25) is 5.02 Å². The van der Waals surface area contributed by atoms with Crippen LogP contribution in [0.4, 0.5) is 5.82 Å². The van der Waals surface area contributed by atoms with Gasteiger partial charge in [-0.3, -0.25) is 0 Å². The van der Waals surface area contributed by atoms with Crippen LogP contribution >= 0.6 is 45.9 Å². The average Bonchev–Trinajstić information content (AvgIpc) is 3.11. The van der Waals surface area contributed by atoms with Crippen LogP contribution in [0.5, 0.6) is 0 Å².